The van der Waals surface area contributed by atoms with Crippen LogP contribution < -0.4 is 0 Å². The Kier molecular flexibility index (Phi) is 5.54. The molecule has 80 valence electrons. The Hall–Kier alpha value is -1.30. The number of hydrogen-bond acceptors (Lipinski definition) is 2. The van der Waals surface area contributed by atoms with Gasteiger partial charge in [0.25, 0.3) is 0 Å². The molecule has 0 unspecified atom stereocenters. The van der Waals surface area contributed by atoms with Crippen LogP contribution in [0, 0.1) is 11.8 Å². The summed E-state index contributed by atoms with van der Waals surface area (Å²) in [5.74, 6) is 5.48. The molecule has 1 aromatic rings. The van der Waals surface area contributed by atoms with Gasteiger partial charge < -0.3 is 9.84 Å². The summed E-state index contributed by atoms with van der Waals surface area (Å²) in [6.45, 7) is 0.377. The fourth-order valence-electron chi connectivity index (χ4n) is 1.25. The maximum Gasteiger partial charge on any atom is 0.115 e. The number of aliphatic hydroxyl groups excluding tert-OH is 1. The van der Waals surface area contributed by atoms with Crippen LogP contribution in [0.4, 0.5) is 0 Å². The van der Waals surface area contributed by atoms with Crippen LogP contribution in [0.15, 0.2) is 30.3 Å². The molecule has 0 amide bonds. The molecule has 0 aliphatic carbocycles. The maximum atomic E-state index is 9.51. The Morgan fingerprint density at radius 3 is 2.73 bits per heavy atom. The van der Waals surface area contributed by atoms with Gasteiger partial charge in [-0.05, 0) is 18.4 Å². The van der Waals surface area contributed by atoms with Gasteiger partial charge in [0.15, 0.2) is 0 Å². The molecule has 0 heterocycles. The van der Waals surface area contributed by atoms with Gasteiger partial charge in [0, 0.05) is 7.11 Å². The summed E-state index contributed by atoms with van der Waals surface area (Å²) in [5.41, 5.74) is 1.23. The standard InChI is InChI=1S/C13H16O2/c1-15-11-5-8-13(14)10-9-12-6-3-2-4-7-12/h2-4,6-7,13-14H,9-11H2,1H3/t13-/m1/s1. The van der Waals surface area contributed by atoms with E-state index in [1.165, 1.54) is 5.56 Å². The number of hydrogen-bond donors (Lipinski definition) is 1. The molecule has 0 radical (unpaired) electrons. The number of ether oxygens (including phenoxy) is 1. The fraction of sp³-hybridized carbons (Fsp3) is 0.385. The highest BCUT2D eigenvalue weighted by atomic mass is 16.5. The Morgan fingerprint density at radius 1 is 1.33 bits per heavy atom. The molecule has 0 aliphatic heterocycles. The van der Waals surface area contributed by atoms with E-state index in [4.69, 9.17) is 4.74 Å². The van der Waals surface area contributed by atoms with Gasteiger partial charge in [0.1, 0.15) is 12.7 Å². The third-order valence-electron chi connectivity index (χ3n) is 2.03. The van der Waals surface area contributed by atoms with Gasteiger partial charge in [-0.25, -0.2) is 0 Å². The number of aryl methyl sites for hydroxylation is 1. The van der Waals surface area contributed by atoms with Crippen molar-refractivity contribution in [3.8, 4) is 11.8 Å². The Bertz CT molecular complexity index is 321. The second-order valence-electron chi connectivity index (χ2n) is 3.29. The van der Waals surface area contributed by atoms with Crippen molar-refractivity contribution in [2.45, 2.75) is 18.9 Å². The second-order valence-corrected chi connectivity index (χ2v) is 3.29. The van der Waals surface area contributed by atoms with E-state index in [0.29, 0.717) is 13.0 Å². The number of methoxy groups -OCH3 is 1. The first kappa shape index (κ1) is 11.8. The minimum absolute atomic E-state index is 0.377. The molecule has 1 N–H and O–H groups in total. The van der Waals surface area contributed by atoms with Gasteiger partial charge in [-0.3, -0.25) is 0 Å². The van der Waals surface area contributed by atoms with Crippen LogP contribution in [0.3, 0.4) is 0 Å². The summed E-state index contributed by atoms with van der Waals surface area (Å²) in [5, 5.41) is 9.51. The van der Waals surface area contributed by atoms with Crippen LogP contribution in [0.5, 0.6) is 0 Å². The molecule has 0 fully saturated rings. The molecule has 0 spiro atoms. The van der Waals surface area contributed by atoms with Gasteiger partial charge in [-0.15, -0.1) is 0 Å². The molecule has 0 saturated heterocycles. The van der Waals surface area contributed by atoms with Gasteiger partial charge in [-0.2, -0.15) is 0 Å². The molecule has 15 heavy (non-hydrogen) atoms. The predicted molar refractivity (Wildman–Crippen MR) is 60.4 cm³/mol. The lowest BCUT2D eigenvalue weighted by Crippen LogP contribution is -2.04. The second kappa shape index (κ2) is 7.05. The van der Waals surface area contributed by atoms with Gasteiger partial charge >= 0.3 is 0 Å². The fourth-order valence-corrected chi connectivity index (χ4v) is 1.25. The highest BCUT2D eigenvalue weighted by molar-refractivity contribution is 5.15. The topological polar surface area (TPSA) is 29.5 Å². The van der Waals surface area contributed by atoms with Crippen LogP contribution in [-0.2, 0) is 11.2 Å². The van der Waals surface area contributed by atoms with Crippen molar-refractivity contribution in [3.05, 3.63) is 35.9 Å². The van der Waals surface area contributed by atoms with Gasteiger partial charge in [-0.1, -0.05) is 42.2 Å². The molecule has 2 nitrogen and oxygen atoms in total. The Balaban J connectivity index is 2.29. The van der Waals surface area contributed by atoms with Gasteiger partial charge in [0.2, 0.25) is 0 Å². The first-order chi connectivity index (χ1) is 7.33. The highest BCUT2D eigenvalue weighted by Crippen LogP contribution is 2.04. The van der Waals surface area contributed by atoms with Crippen molar-refractivity contribution >= 4 is 0 Å². The summed E-state index contributed by atoms with van der Waals surface area (Å²) in [6.07, 6.45) is 0.963. The Morgan fingerprint density at radius 2 is 2.07 bits per heavy atom. The van der Waals surface area contributed by atoms with E-state index >= 15 is 0 Å². The van der Waals surface area contributed by atoms with E-state index in [2.05, 4.69) is 24.0 Å². The molecule has 0 aliphatic rings. The minimum atomic E-state index is -0.555. The van der Waals surface area contributed by atoms with Crippen LogP contribution in [0.2, 0.25) is 0 Å². The van der Waals surface area contributed by atoms with Crippen LogP contribution in [0.25, 0.3) is 0 Å². The SMILES string of the molecule is COCC#C[C@@H](O)CCc1ccccc1. The van der Waals surface area contributed by atoms with Crippen molar-refractivity contribution in [3.63, 3.8) is 0 Å². The van der Waals surface area contributed by atoms with Crippen molar-refractivity contribution in [2.24, 2.45) is 0 Å². The molecule has 0 aromatic heterocycles. The quantitative estimate of drug-likeness (QED) is 0.755. The lowest BCUT2D eigenvalue weighted by molar-refractivity contribution is 0.219. The zero-order chi connectivity index (χ0) is 10.9. The van der Waals surface area contributed by atoms with E-state index in [9.17, 15) is 5.11 Å². The molecule has 1 atom stereocenters. The van der Waals surface area contributed by atoms with Crippen molar-refractivity contribution < 1.29 is 9.84 Å². The zero-order valence-electron chi connectivity index (χ0n) is 8.94. The van der Waals surface area contributed by atoms with E-state index in [0.717, 1.165) is 6.42 Å². The maximum absolute atomic E-state index is 9.51. The first-order valence-corrected chi connectivity index (χ1v) is 5.02. The van der Waals surface area contributed by atoms with E-state index < -0.39 is 6.10 Å². The van der Waals surface area contributed by atoms with Crippen LogP contribution in [-0.4, -0.2) is 24.9 Å². The van der Waals surface area contributed by atoms with Crippen molar-refractivity contribution in [2.75, 3.05) is 13.7 Å². The number of aliphatic hydroxyl groups is 1. The average molecular weight is 204 g/mol. The molecular formula is C13H16O2. The average Bonchev–Trinajstić information content (AvgIpc) is 2.28. The number of benzene rings is 1. The van der Waals surface area contributed by atoms with Crippen molar-refractivity contribution in [1.29, 1.82) is 0 Å². The summed E-state index contributed by atoms with van der Waals surface area (Å²) in [4.78, 5) is 0. The summed E-state index contributed by atoms with van der Waals surface area (Å²) >= 11 is 0. The molecule has 1 rings (SSSR count). The lowest BCUT2D eigenvalue weighted by Gasteiger charge is -2.03. The minimum Gasteiger partial charge on any atom is -0.380 e. The summed E-state index contributed by atoms with van der Waals surface area (Å²) in [7, 11) is 1.59. The summed E-state index contributed by atoms with van der Waals surface area (Å²) in [6, 6.07) is 10.1. The normalized spacial score (nSPS) is 11.6. The zero-order valence-corrected chi connectivity index (χ0v) is 8.94. The molecule has 0 saturated carbocycles. The van der Waals surface area contributed by atoms with E-state index in [1.54, 1.807) is 7.11 Å². The largest absolute Gasteiger partial charge is 0.380 e. The molecule has 1 aromatic carbocycles. The molecule has 2 heteroatoms. The first-order valence-electron chi connectivity index (χ1n) is 5.02. The van der Waals surface area contributed by atoms with E-state index in [-0.39, 0.29) is 0 Å². The smallest absolute Gasteiger partial charge is 0.115 e. The van der Waals surface area contributed by atoms with Crippen LogP contribution >= 0.6 is 0 Å². The third-order valence-corrected chi connectivity index (χ3v) is 2.03. The summed E-state index contributed by atoms with van der Waals surface area (Å²) < 4.78 is 4.77. The van der Waals surface area contributed by atoms with Gasteiger partial charge in [0.05, 0.1) is 0 Å². The van der Waals surface area contributed by atoms with Crippen molar-refractivity contribution in [1.82, 2.24) is 0 Å². The Labute approximate surface area is 90.9 Å². The van der Waals surface area contributed by atoms with E-state index in [1.807, 2.05) is 18.2 Å². The third kappa shape index (κ3) is 5.21. The lowest BCUT2D eigenvalue weighted by atomic mass is 10.1. The highest BCUT2D eigenvalue weighted by Gasteiger charge is 1.99. The molecule has 0 bridgehead atoms. The van der Waals surface area contributed by atoms with Crippen LogP contribution in [0.1, 0.15) is 12.0 Å². The molecular weight excluding hydrogens is 188 g/mol. The number of rotatable bonds is 4. The predicted octanol–water partition coefficient (Wildman–Crippen LogP) is 1.63. The monoisotopic (exact) mass is 204 g/mol.